The molecule has 0 spiro atoms. The van der Waals surface area contributed by atoms with Gasteiger partial charge in [-0.2, -0.15) is 0 Å². The Morgan fingerprint density at radius 2 is 2.50 bits per heavy atom. The molecule has 1 heterocycles. The van der Waals surface area contributed by atoms with Crippen LogP contribution in [0.2, 0.25) is 0 Å². The molecule has 1 rings (SSSR count). The predicted octanol–water partition coefficient (Wildman–Crippen LogP) is -1.03. The maximum absolute atomic E-state index is 10.4. The molecule has 0 aromatic rings. The van der Waals surface area contributed by atoms with E-state index >= 15 is 0 Å². The summed E-state index contributed by atoms with van der Waals surface area (Å²) in [6, 6.07) is -0.163. The Morgan fingerprint density at radius 3 is 2.88 bits per heavy atom. The molecular weight excluding hydrogens is 106 g/mol. The summed E-state index contributed by atoms with van der Waals surface area (Å²) in [4.78, 5) is 10.4. The lowest BCUT2D eigenvalue weighted by Gasteiger charge is -2.19. The zero-order valence-electron chi connectivity index (χ0n) is 4.48. The Balaban J connectivity index is 2.34. The van der Waals surface area contributed by atoms with Gasteiger partial charge in [0.2, 0.25) is 0 Å². The average molecular weight is 115 g/mol. The van der Waals surface area contributed by atoms with E-state index in [4.69, 9.17) is 5.73 Å². The second-order valence-electron chi connectivity index (χ2n) is 1.80. The summed E-state index contributed by atoms with van der Waals surface area (Å²) in [6.45, 7) is 0.688. The van der Waals surface area contributed by atoms with Crippen molar-refractivity contribution in [3.63, 3.8) is 0 Å². The molecule has 0 bridgehead atoms. The van der Waals surface area contributed by atoms with Crippen molar-refractivity contribution in [3.8, 4) is 0 Å². The normalized spacial score (nSPS) is 28.6. The first-order valence-electron chi connectivity index (χ1n) is 2.59. The minimum atomic E-state index is -0.163. The highest BCUT2D eigenvalue weighted by atomic mass is 16.2. The van der Waals surface area contributed by atoms with E-state index in [9.17, 15) is 4.79 Å². The van der Waals surface area contributed by atoms with E-state index in [-0.39, 0.29) is 12.2 Å². The van der Waals surface area contributed by atoms with Crippen LogP contribution in [0.4, 0.5) is 4.79 Å². The number of rotatable bonds is 0. The summed E-state index contributed by atoms with van der Waals surface area (Å²) >= 11 is 0. The van der Waals surface area contributed by atoms with Gasteiger partial charge in [0.25, 0.3) is 0 Å². The first-order chi connectivity index (χ1) is 3.79. The van der Waals surface area contributed by atoms with Crippen molar-refractivity contribution >= 4 is 6.03 Å². The molecule has 1 unspecified atom stereocenters. The lowest BCUT2D eigenvalue weighted by molar-refractivity contribution is 0.229. The molecule has 0 aromatic carbocycles. The molecule has 46 valence electrons. The molecular formula is C4H9N3O. The molecule has 1 saturated heterocycles. The number of nitrogens with one attached hydrogen (secondary N) is 2. The summed E-state index contributed by atoms with van der Waals surface area (Å²) in [5.41, 5.74) is 5.35. The van der Waals surface area contributed by atoms with E-state index in [1.807, 2.05) is 0 Å². The van der Waals surface area contributed by atoms with Crippen LogP contribution in [0.3, 0.4) is 0 Å². The third-order valence-electron chi connectivity index (χ3n) is 1.06. The van der Waals surface area contributed by atoms with E-state index < -0.39 is 0 Å². The number of carbonyl (C=O) groups is 1. The van der Waals surface area contributed by atoms with Crippen molar-refractivity contribution < 1.29 is 4.79 Å². The van der Waals surface area contributed by atoms with Crippen LogP contribution in [0, 0.1) is 0 Å². The van der Waals surface area contributed by atoms with Crippen LogP contribution < -0.4 is 16.4 Å². The van der Waals surface area contributed by atoms with Crippen LogP contribution in [-0.4, -0.2) is 18.7 Å². The number of hydrogen-bond acceptors (Lipinski definition) is 2. The van der Waals surface area contributed by atoms with Crippen LogP contribution in [0.15, 0.2) is 0 Å². The average Bonchev–Trinajstić information content (AvgIpc) is 1.64. The fourth-order valence-electron chi connectivity index (χ4n) is 0.633. The minimum Gasteiger partial charge on any atom is -0.338 e. The number of nitrogens with two attached hydrogens (primary N) is 1. The molecule has 2 amide bonds. The Bertz CT molecular complexity index is 103. The highest BCUT2D eigenvalue weighted by Gasteiger charge is 2.11. The maximum Gasteiger partial charge on any atom is 0.316 e. The van der Waals surface area contributed by atoms with Crippen LogP contribution in [-0.2, 0) is 0 Å². The summed E-state index contributed by atoms with van der Waals surface area (Å²) < 4.78 is 0. The lowest BCUT2D eigenvalue weighted by Crippen LogP contribution is -2.53. The van der Waals surface area contributed by atoms with Crippen LogP contribution in [0.5, 0.6) is 0 Å². The summed E-state index contributed by atoms with van der Waals surface area (Å²) in [5.74, 6) is 0. The van der Waals surface area contributed by atoms with Gasteiger partial charge in [0, 0.05) is 6.54 Å². The van der Waals surface area contributed by atoms with Gasteiger partial charge in [0.1, 0.15) is 0 Å². The third-order valence-corrected chi connectivity index (χ3v) is 1.06. The zero-order chi connectivity index (χ0) is 5.98. The van der Waals surface area contributed by atoms with Crippen LogP contribution in [0.25, 0.3) is 0 Å². The third kappa shape index (κ3) is 1.10. The Morgan fingerprint density at radius 1 is 1.75 bits per heavy atom. The fourth-order valence-corrected chi connectivity index (χ4v) is 0.633. The molecule has 0 aromatic heterocycles. The molecule has 4 N–H and O–H groups in total. The van der Waals surface area contributed by atoms with Gasteiger partial charge in [-0.25, -0.2) is 4.79 Å². The van der Waals surface area contributed by atoms with Crippen LogP contribution in [0.1, 0.15) is 6.42 Å². The van der Waals surface area contributed by atoms with Gasteiger partial charge in [-0.3, -0.25) is 0 Å². The van der Waals surface area contributed by atoms with Crippen LogP contribution >= 0.6 is 0 Å². The van der Waals surface area contributed by atoms with Gasteiger partial charge in [-0.1, -0.05) is 0 Å². The Labute approximate surface area is 47.4 Å². The second-order valence-corrected chi connectivity index (χ2v) is 1.80. The van der Waals surface area contributed by atoms with Crippen molar-refractivity contribution in [2.75, 3.05) is 6.54 Å². The second kappa shape index (κ2) is 2.00. The van der Waals surface area contributed by atoms with Gasteiger partial charge in [-0.15, -0.1) is 0 Å². The predicted molar refractivity (Wildman–Crippen MR) is 29.1 cm³/mol. The highest BCUT2D eigenvalue weighted by molar-refractivity contribution is 5.74. The molecule has 8 heavy (non-hydrogen) atoms. The molecule has 0 radical (unpaired) electrons. The minimum absolute atomic E-state index is 0.149. The molecule has 4 nitrogen and oxygen atoms in total. The molecule has 4 heteroatoms. The van der Waals surface area contributed by atoms with Crippen molar-refractivity contribution in [3.05, 3.63) is 0 Å². The number of amides is 2. The van der Waals surface area contributed by atoms with Gasteiger partial charge in [0.05, 0.1) is 6.17 Å². The largest absolute Gasteiger partial charge is 0.338 e. The first-order valence-corrected chi connectivity index (χ1v) is 2.59. The molecule has 0 aliphatic carbocycles. The molecule has 1 atom stereocenters. The number of hydrogen-bond donors (Lipinski definition) is 3. The van der Waals surface area contributed by atoms with E-state index in [0.717, 1.165) is 6.42 Å². The SMILES string of the molecule is NC1CCNC(=O)N1. The summed E-state index contributed by atoms with van der Waals surface area (Å²) in [6.07, 6.45) is 0.662. The monoisotopic (exact) mass is 115 g/mol. The van der Waals surface area contributed by atoms with Gasteiger partial charge in [-0.05, 0) is 6.42 Å². The smallest absolute Gasteiger partial charge is 0.316 e. The number of carbonyl (C=O) groups excluding carboxylic acids is 1. The topological polar surface area (TPSA) is 67.1 Å². The summed E-state index contributed by atoms with van der Waals surface area (Å²) in [7, 11) is 0. The fraction of sp³-hybridized carbons (Fsp3) is 0.750. The van der Waals surface area contributed by atoms with Crippen molar-refractivity contribution in [1.29, 1.82) is 0 Å². The van der Waals surface area contributed by atoms with E-state index in [1.165, 1.54) is 0 Å². The Hall–Kier alpha value is -0.770. The van der Waals surface area contributed by atoms with Gasteiger partial charge in [0.15, 0.2) is 0 Å². The van der Waals surface area contributed by atoms with E-state index in [1.54, 1.807) is 0 Å². The highest BCUT2D eigenvalue weighted by Crippen LogP contribution is 1.86. The standard InChI is InChI=1S/C4H9N3O/c5-3-1-2-6-4(8)7-3/h3H,1-2,5H2,(H2,6,7,8). The van der Waals surface area contributed by atoms with E-state index in [0.29, 0.717) is 6.54 Å². The molecule has 1 aliphatic rings. The maximum atomic E-state index is 10.4. The lowest BCUT2D eigenvalue weighted by atomic mass is 10.3. The van der Waals surface area contributed by atoms with Gasteiger partial charge < -0.3 is 16.4 Å². The first kappa shape index (κ1) is 5.37. The van der Waals surface area contributed by atoms with Crippen molar-refractivity contribution in [2.24, 2.45) is 5.73 Å². The quantitative estimate of drug-likeness (QED) is 0.378. The van der Waals surface area contributed by atoms with Crippen molar-refractivity contribution in [2.45, 2.75) is 12.6 Å². The Kier molecular flexibility index (Phi) is 1.34. The molecule has 1 fully saturated rings. The van der Waals surface area contributed by atoms with Crippen molar-refractivity contribution in [1.82, 2.24) is 10.6 Å². The zero-order valence-corrected chi connectivity index (χ0v) is 4.48. The molecule has 0 saturated carbocycles. The molecule has 1 aliphatic heterocycles. The summed E-state index contributed by atoms with van der Waals surface area (Å²) in [5, 5.41) is 5.09. The van der Waals surface area contributed by atoms with E-state index in [2.05, 4.69) is 10.6 Å². The van der Waals surface area contributed by atoms with Gasteiger partial charge >= 0.3 is 6.03 Å². The number of urea groups is 1.